The second-order valence-electron chi connectivity index (χ2n) is 5.00. The summed E-state index contributed by atoms with van der Waals surface area (Å²) in [5, 5.41) is 9.26. The molecule has 2 aromatic heterocycles. The normalized spacial score (nSPS) is 13.4. The van der Waals surface area contributed by atoms with Crippen molar-refractivity contribution in [3.8, 4) is 17.7 Å². The average Bonchev–Trinajstić information content (AvgIpc) is 2.49. The molecule has 0 saturated heterocycles. The van der Waals surface area contributed by atoms with E-state index >= 15 is 0 Å². The Kier molecular flexibility index (Phi) is 3.34. The van der Waals surface area contributed by atoms with E-state index in [1.807, 2.05) is 25.1 Å². The first-order chi connectivity index (χ1) is 9.76. The molecule has 20 heavy (non-hydrogen) atoms. The number of fused-ring (bicyclic) bond motifs is 1. The van der Waals surface area contributed by atoms with E-state index in [-0.39, 0.29) is 0 Å². The van der Waals surface area contributed by atoms with Crippen LogP contribution in [-0.2, 0) is 12.8 Å². The Bertz CT molecular complexity index is 671. The van der Waals surface area contributed by atoms with Gasteiger partial charge in [-0.2, -0.15) is 5.26 Å². The van der Waals surface area contributed by atoms with E-state index < -0.39 is 0 Å². The van der Waals surface area contributed by atoms with Crippen LogP contribution in [0.2, 0.25) is 0 Å². The molecule has 0 amide bonds. The van der Waals surface area contributed by atoms with Gasteiger partial charge in [-0.3, -0.25) is 4.98 Å². The van der Waals surface area contributed by atoms with Gasteiger partial charge in [-0.1, -0.05) is 0 Å². The van der Waals surface area contributed by atoms with Crippen molar-refractivity contribution in [3.63, 3.8) is 0 Å². The van der Waals surface area contributed by atoms with E-state index in [2.05, 4.69) is 16.0 Å². The molecule has 1 aliphatic carbocycles. The fourth-order valence-corrected chi connectivity index (χ4v) is 2.40. The molecule has 4 heteroatoms. The van der Waals surface area contributed by atoms with E-state index in [0.29, 0.717) is 17.2 Å². The largest absolute Gasteiger partial charge is 0.436 e. The molecule has 0 N–H and O–H groups in total. The Morgan fingerprint density at radius 1 is 1.25 bits per heavy atom. The molecule has 2 aromatic rings. The van der Waals surface area contributed by atoms with E-state index in [1.54, 1.807) is 6.20 Å². The van der Waals surface area contributed by atoms with Crippen LogP contribution in [0.25, 0.3) is 0 Å². The number of ether oxygens (including phenoxy) is 1. The Labute approximate surface area is 118 Å². The highest BCUT2D eigenvalue weighted by Gasteiger charge is 2.16. The quantitative estimate of drug-likeness (QED) is 0.835. The van der Waals surface area contributed by atoms with Crippen molar-refractivity contribution >= 4 is 0 Å². The first-order valence-electron chi connectivity index (χ1n) is 6.79. The van der Waals surface area contributed by atoms with Crippen molar-refractivity contribution in [3.05, 3.63) is 46.9 Å². The van der Waals surface area contributed by atoms with E-state index in [9.17, 15) is 5.26 Å². The molecule has 0 atom stereocenters. The summed E-state index contributed by atoms with van der Waals surface area (Å²) in [7, 11) is 0. The SMILES string of the molecule is Cc1ccc(Oc2nc3c(cc2C#N)CCCC3)cn1. The fourth-order valence-electron chi connectivity index (χ4n) is 2.40. The van der Waals surface area contributed by atoms with Gasteiger partial charge in [0.05, 0.1) is 6.20 Å². The molecule has 4 nitrogen and oxygen atoms in total. The van der Waals surface area contributed by atoms with Crippen LogP contribution in [0, 0.1) is 18.3 Å². The van der Waals surface area contributed by atoms with Gasteiger partial charge in [0.15, 0.2) is 0 Å². The molecule has 2 heterocycles. The van der Waals surface area contributed by atoms with Crippen molar-refractivity contribution in [2.24, 2.45) is 0 Å². The van der Waals surface area contributed by atoms with Gasteiger partial charge in [0.25, 0.3) is 0 Å². The second-order valence-corrected chi connectivity index (χ2v) is 5.00. The molecule has 100 valence electrons. The van der Waals surface area contributed by atoms with E-state index in [4.69, 9.17) is 4.74 Å². The smallest absolute Gasteiger partial charge is 0.237 e. The first-order valence-corrected chi connectivity index (χ1v) is 6.79. The van der Waals surface area contributed by atoms with Gasteiger partial charge in [-0.05, 0) is 56.4 Å². The number of hydrogen-bond acceptors (Lipinski definition) is 4. The van der Waals surface area contributed by atoms with Crippen molar-refractivity contribution in [1.29, 1.82) is 5.26 Å². The molecule has 0 fully saturated rings. The predicted molar refractivity (Wildman–Crippen MR) is 74.6 cm³/mol. The molecule has 0 spiro atoms. The van der Waals surface area contributed by atoms with Crippen LogP contribution < -0.4 is 4.74 Å². The number of pyridine rings is 2. The zero-order chi connectivity index (χ0) is 13.9. The molecular formula is C16H15N3O. The molecule has 0 saturated carbocycles. The van der Waals surface area contributed by atoms with Gasteiger partial charge < -0.3 is 4.74 Å². The lowest BCUT2D eigenvalue weighted by atomic mass is 9.95. The monoisotopic (exact) mass is 265 g/mol. The third kappa shape index (κ3) is 2.48. The van der Waals surface area contributed by atoms with Crippen LogP contribution in [-0.4, -0.2) is 9.97 Å². The van der Waals surface area contributed by atoms with Crippen molar-refractivity contribution in [2.45, 2.75) is 32.6 Å². The van der Waals surface area contributed by atoms with Gasteiger partial charge in [-0.15, -0.1) is 0 Å². The Hall–Kier alpha value is -2.41. The molecule has 0 bridgehead atoms. The lowest BCUT2D eigenvalue weighted by Gasteiger charge is -2.16. The average molecular weight is 265 g/mol. The summed E-state index contributed by atoms with van der Waals surface area (Å²) in [6.45, 7) is 1.92. The summed E-state index contributed by atoms with van der Waals surface area (Å²) in [5.74, 6) is 0.995. The van der Waals surface area contributed by atoms with E-state index in [0.717, 1.165) is 30.7 Å². The van der Waals surface area contributed by atoms with Crippen LogP contribution >= 0.6 is 0 Å². The maximum absolute atomic E-state index is 9.26. The van der Waals surface area contributed by atoms with Gasteiger partial charge >= 0.3 is 0 Å². The minimum atomic E-state index is 0.388. The Morgan fingerprint density at radius 3 is 2.85 bits per heavy atom. The molecular weight excluding hydrogens is 250 g/mol. The van der Waals surface area contributed by atoms with Crippen LogP contribution in [0.3, 0.4) is 0 Å². The number of hydrogen-bond donors (Lipinski definition) is 0. The third-order valence-electron chi connectivity index (χ3n) is 3.49. The van der Waals surface area contributed by atoms with Crippen LogP contribution in [0.1, 0.15) is 35.4 Å². The topological polar surface area (TPSA) is 58.8 Å². The summed E-state index contributed by atoms with van der Waals surface area (Å²) in [6.07, 6.45) is 5.93. The van der Waals surface area contributed by atoms with Gasteiger partial charge in [-0.25, -0.2) is 4.98 Å². The molecule has 0 unspecified atom stereocenters. The lowest BCUT2D eigenvalue weighted by Crippen LogP contribution is -2.07. The summed E-state index contributed by atoms with van der Waals surface area (Å²) >= 11 is 0. The summed E-state index contributed by atoms with van der Waals surface area (Å²) in [6, 6.07) is 7.80. The van der Waals surface area contributed by atoms with E-state index in [1.165, 1.54) is 12.0 Å². The zero-order valence-electron chi connectivity index (χ0n) is 11.4. The molecule has 1 aliphatic rings. The summed E-state index contributed by atoms with van der Waals surface area (Å²) in [5.41, 5.74) is 3.66. The highest BCUT2D eigenvalue weighted by molar-refractivity contribution is 5.45. The minimum absolute atomic E-state index is 0.388. The number of aryl methyl sites for hydroxylation is 3. The van der Waals surface area contributed by atoms with Crippen LogP contribution in [0.15, 0.2) is 24.4 Å². The van der Waals surface area contributed by atoms with Crippen molar-refractivity contribution in [2.75, 3.05) is 0 Å². The lowest BCUT2D eigenvalue weighted by molar-refractivity contribution is 0.454. The number of nitrogens with zero attached hydrogens (tertiary/aromatic N) is 3. The fraction of sp³-hybridized carbons (Fsp3) is 0.312. The predicted octanol–water partition coefficient (Wildman–Crippen LogP) is 3.33. The second kappa shape index (κ2) is 5.30. The number of nitriles is 1. The summed E-state index contributed by atoms with van der Waals surface area (Å²) in [4.78, 5) is 8.71. The number of aromatic nitrogens is 2. The van der Waals surface area contributed by atoms with Gasteiger partial charge in [0.2, 0.25) is 5.88 Å². The third-order valence-corrected chi connectivity index (χ3v) is 3.49. The van der Waals surface area contributed by atoms with Gasteiger partial charge in [0, 0.05) is 11.4 Å². The molecule has 0 aliphatic heterocycles. The van der Waals surface area contributed by atoms with Crippen LogP contribution in [0.5, 0.6) is 11.6 Å². The van der Waals surface area contributed by atoms with Gasteiger partial charge in [0.1, 0.15) is 17.4 Å². The zero-order valence-corrected chi connectivity index (χ0v) is 11.4. The van der Waals surface area contributed by atoms with Crippen LogP contribution in [0.4, 0.5) is 0 Å². The Morgan fingerprint density at radius 2 is 2.10 bits per heavy atom. The van der Waals surface area contributed by atoms with Crippen molar-refractivity contribution in [1.82, 2.24) is 9.97 Å². The summed E-state index contributed by atoms with van der Waals surface area (Å²) < 4.78 is 5.73. The molecule has 0 radical (unpaired) electrons. The Balaban J connectivity index is 1.96. The first kappa shape index (κ1) is 12.6. The highest BCUT2D eigenvalue weighted by atomic mass is 16.5. The number of rotatable bonds is 2. The molecule has 3 rings (SSSR count). The maximum Gasteiger partial charge on any atom is 0.237 e. The minimum Gasteiger partial charge on any atom is -0.436 e. The highest BCUT2D eigenvalue weighted by Crippen LogP contribution is 2.28. The standard InChI is InChI=1S/C16H15N3O/c1-11-6-7-14(10-18-11)20-16-13(9-17)8-12-4-2-3-5-15(12)19-16/h6-8,10H,2-5H2,1H3. The maximum atomic E-state index is 9.26. The molecule has 0 aromatic carbocycles. The van der Waals surface area contributed by atoms with Crippen molar-refractivity contribution < 1.29 is 4.74 Å².